The third kappa shape index (κ3) is 6.34. The number of benzene rings is 2. The molecule has 0 spiro atoms. The molecular formula is C25H28N2O3. The van der Waals surface area contributed by atoms with Crippen molar-refractivity contribution in [3.05, 3.63) is 89.5 Å². The smallest absolute Gasteiger partial charge is 0.338 e. The summed E-state index contributed by atoms with van der Waals surface area (Å²) < 4.78 is 12.4. The van der Waals surface area contributed by atoms with Crippen molar-refractivity contribution in [1.82, 2.24) is 9.55 Å². The van der Waals surface area contributed by atoms with Gasteiger partial charge in [-0.3, -0.25) is 0 Å². The van der Waals surface area contributed by atoms with E-state index in [0.717, 1.165) is 37.1 Å². The lowest BCUT2D eigenvalue weighted by atomic mass is 10.0. The van der Waals surface area contributed by atoms with Gasteiger partial charge in [-0.2, -0.15) is 0 Å². The number of carbonyl (C=O) groups is 1. The molecule has 0 bridgehead atoms. The van der Waals surface area contributed by atoms with Gasteiger partial charge in [0.25, 0.3) is 0 Å². The Labute approximate surface area is 178 Å². The highest BCUT2D eigenvalue weighted by atomic mass is 16.5. The summed E-state index contributed by atoms with van der Waals surface area (Å²) in [6.45, 7) is 2.98. The molecule has 0 saturated carbocycles. The maximum absolute atomic E-state index is 11.9. The normalized spacial score (nSPS) is 11.3. The number of aryl methyl sites for hydroxylation is 1. The Morgan fingerprint density at radius 3 is 2.50 bits per heavy atom. The third-order valence-electron chi connectivity index (χ3n) is 4.86. The van der Waals surface area contributed by atoms with Crippen LogP contribution in [0.3, 0.4) is 0 Å². The number of carbonyl (C=O) groups excluding carboxylic acids is 1. The van der Waals surface area contributed by atoms with Crippen molar-refractivity contribution in [2.75, 3.05) is 13.7 Å². The van der Waals surface area contributed by atoms with E-state index in [9.17, 15) is 4.79 Å². The number of imidazole rings is 1. The van der Waals surface area contributed by atoms with E-state index in [2.05, 4.69) is 27.8 Å². The van der Waals surface area contributed by atoms with E-state index in [1.165, 1.54) is 11.1 Å². The number of hydrogen-bond donors (Lipinski definition) is 0. The molecule has 3 rings (SSSR count). The summed E-state index contributed by atoms with van der Waals surface area (Å²) in [5.74, 6) is 0.594. The van der Waals surface area contributed by atoms with Crippen molar-refractivity contribution in [1.29, 1.82) is 0 Å². The molecule has 0 aliphatic heterocycles. The Bertz CT molecular complexity index is 943. The fourth-order valence-corrected chi connectivity index (χ4v) is 3.29. The molecule has 2 aromatic carbocycles. The summed E-state index contributed by atoms with van der Waals surface area (Å²) in [5.41, 5.74) is 4.26. The third-order valence-corrected chi connectivity index (χ3v) is 4.86. The van der Waals surface area contributed by atoms with Crippen LogP contribution < -0.4 is 4.74 Å². The second-order valence-corrected chi connectivity index (χ2v) is 7.08. The second-order valence-electron chi connectivity index (χ2n) is 7.08. The molecule has 0 radical (unpaired) electrons. The predicted molar refractivity (Wildman–Crippen MR) is 119 cm³/mol. The van der Waals surface area contributed by atoms with Gasteiger partial charge >= 0.3 is 5.97 Å². The zero-order chi connectivity index (χ0) is 21.2. The van der Waals surface area contributed by atoms with Gasteiger partial charge in [-0.25, -0.2) is 9.78 Å². The fourth-order valence-electron chi connectivity index (χ4n) is 3.29. The minimum Gasteiger partial charge on any atom is -0.497 e. The summed E-state index contributed by atoms with van der Waals surface area (Å²) in [7, 11) is 1.68. The summed E-state index contributed by atoms with van der Waals surface area (Å²) in [6, 6.07) is 15.8. The maximum atomic E-state index is 11.9. The molecule has 1 heterocycles. The topological polar surface area (TPSA) is 53.4 Å². The highest BCUT2D eigenvalue weighted by Crippen LogP contribution is 2.18. The molecule has 30 heavy (non-hydrogen) atoms. The molecule has 5 nitrogen and oxygen atoms in total. The molecule has 0 aliphatic carbocycles. The largest absolute Gasteiger partial charge is 0.497 e. The van der Waals surface area contributed by atoms with Crippen molar-refractivity contribution in [3.63, 3.8) is 0 Å². The van der Waals surface area contributed by atoms with E-state index < -0.39 is 0 Å². The van der Waals surface area contributed by atoms with Crippen LogP contribution in [0.15, 0.2) is 72.8 Å². The summed E-state index contributed by atoms with van der Waals surface area (Å²) in [4.78, 5) is 16.0. The first kappa shape index (κ1) is 21.4. The van der Waals surface area contributed by atoms with Crippen LogP contribution in [0.25, 0.3) is 6.08 Å². The van der Waals surface area contributed by atoms with Crippen molar-refractivity contribution < 1.29 is 14.3 Å². The average molecular weight is 405 g/mol. The monoisotopic (exact) mass is 404 g/mol. The van der Waals surface area contributed by atoms with Crippen LogP contribution in [0.5, 0.6) is 5.75 Å². The molecule has 156 valence electrons. The minimum absolute atomic E-state index is 0.286. The lowest BCUT2D eigenvalue weighted by Gasteiger charge is -2.10. The first-order chi connectivity index (χ1) is 14.7. The van der Waals surface area contributed by atoms with Crippen molar-refractivity contribution in [3.8, 4) is 5.75 Å². The standard InChI is InChI=1S/C25H28N2O3/c1-3-30-25(28)23-11-7-21(8-12-23)17-22(18-27-16-15-26-19-27)6-4-5-20-9-13-24(29-2)14-10-20/h7-17,19H,3-6,18H2,1-2H3/b22-17-. The number of rotatable bonds is 10. The van der Waals surface area contributed by atoms with Crippen LogP contribution in [0, 0.1) is 0 Å². The fraction of sp³-hybridized carbons (Fsp3) is 0.280. The number of ether oxygens (including phenoxy) is 2. The number of hydrogen-bond acceptors (Lipinski definition) is 4. The number of esters is 1. The van der Waals surface area contributed by atoms with Crippen molar-refractivity contribution in [2.45, 2.75) is 32.7 Å². The van der Waals surface area contributed by atoms with E-state index in [1.54, 1.807) is 13.3 Å². The van der Waals surface area contributed by atoms with Gasteiger partial charge in [-0.05, 0) is 67.2 Å². The second kappa shape index (κ2) is 11.0. The Kier molecular flexibility index (Phi) is 7.84. The van der Waals surface area contributed by atoms with E-state index in [4.69, 9.17) is 9.47 Å². The Morgan fingerprint density at radius 1 is 1.10 bits per heavy atom. The number of nitrogens with zero attached hydrogens (tertiary/aromatic N) is 2. The van der Waals surface area contributed by atoms with Gasteiger partial charge in [0.05, 0.1) is 25.6 Å². The maximum Gasteiger partial charge on any atom is 0.338 e. The van der Waals surface area contributed by atoms with Crippen LogP contribution in [0.4, 0.5) is 0 Å². The predicted octanol–water partition coefficient (Wildman–Crippen LogP) is 5.17. The molecule has 0 fully saturated rings. The van der Waals surface area contributed by atoms with Gasteiger partial charge in [0.1, 0.15) is 5.75 Å². The van der Waals surface area contributed by atoms with E-state index in [0.29, 0.717) is 12.2 Å². The first-order valence-corrected chi connectivity index (χ1v) is 10.2. The van der Waals surface area contributed by atoms with Crippen LogP contribution in [0.2, 0.25) is 0 Å². The van der Waals surface area contributed by atoms with Crippen LogP contribution in [-0.2, 0) is 17.7 Å². The van der Waals surface area contributed by atoms with Gasteiger partial charge in [0.15, 0.2) is 0 Å². The average Bonchev–Trinajstić information content (AvgIpc) is 3.28. The number of aromatic nitrogens is 2. The zero-order valence-electron chi connectivity index (χ0n) is 17.6. The van der Waals surface area contributed by atoms with Crippen molar-refractivity contribution in [2.24, 2.45) is 0 Å². The first-order valence-electron chi connectivity index (χ1n) is 10.2. The molecule has 0 atom stereocenters. The Morgan fingerprint density at radius 2 is 1.87 bits per heavy atom. The number of allylic oxidation sites excluding steroid dienone is 1. The molecule has 5 heteroatoms. The van der Waals surface area contributed by atoms with Gasteiger partial charge in [-0.1, -0.05) is 30.3 Å². The lowest BCUT2D eigenvalue weighted by molar-refractivity contribution is 0.0526. The van der Waals surface area contributed by atoms with Crippen molar-refractivity contribution >= 4 is 12.0 Å². The lowest BCUT2D eigenvalue weighted by Crippen LogP contribution is -2.04. The zero-order valence-corrected chi connectivity index (χ0v) is 17.6. The Hall–Kier alpha value is -3.34. The van der Waals surface area contributed by atoms with Gasteiger partial charge < -0.3 is 14.0 Å². The molecule has 3 aromatic rings. The summed E-state index contributed by atoms with van der Waals surface area (Å²) in [5, 5.41) is 0. The molecule has 0 N–H and O–H groups in total. The van der Waals surface area contributed by atoms with Crippen LogP contribution in [0.1, 0.15) is 41.3 Å². The number of methoxy groups -OCH3 is 1. The highest BCUT2D eigenvalue weighted by Gasteiger charge is 2.06. The summed E-state index contributed by atoms with van der Waals surface area (Å²) >= 11 is 0. The molecular weight excluding hydrogens is 376 g/mol. The summed E-state index contributed by atoms with van der Waals surface area (Å²) in [6.07, 6.45) is 10.8. The highest BCUT2D eigenvalue weighted by molar-refractivity contribution is 5.89. The molecule has 0 unspecified atom stereocenters. The van der Waals surface area contributed by atoms with E-state index in [1.807, 2.05) is 55.8 Å². The van der Waals surface area contributed by atoms with Crippen LogP contribution in [-0.4, -0.2) is 29.2 Å². The van der Waals surface area contributed by atoms with Gasteiger partial charge in [-0.15, -0.1) is 0 Å². The molecule has 0 saturated heterocycles. The Balaban J connectivity index is 1.67. The van der Waals surface area contributed by atoms with E-state index in [-0.39, 0.29) is 5.97 Å². The van der Waals surface area contributed by atoms with Gasteiger partial charge in [0.2, 0.25) is 0 Å². The van der Waals surface area contributed by atoms with E-state index >= 15 is 0 Å². The molecule has 0 aliphatic rings. The minimum atomic E-state index is -0.286. The SMILES string of the molecule is CCOC(=O)c1ccc(/C=C(/CCCc2ccc(OC)cc2)Cn2ccnc2)cc1. The van der Waals surface area contributed by atoms with Crippen LogP contribution >= 0.6 is 0 Å². The molecule has 1 aromatic heterocycles. The quantitative estimate of drug-likeness (QED) is 0.437. The molecule has 0 amide bonds. The van der Waals surface area contributed by atoms with Gasteiger partial charge in [0, 0.05) is 18.9 Å².